The highest BCUT2D eigenvalue weighted by molar-refractivity contribution is 7.85. The van der Waals surface area contributed by atoms with E-state index in [2.05, 4.69) is 15.6 Å². The Morgan fingerprint density at radius 3 is 2.05 bits per heavy atom. The van der Waals surface area contributed by atoms with E-state index in [1.54, 1.807) is 50.4 Å². The summed E-state index contributed by atoms with van der Waals surface area (Å²) in [6.07, 6.45) is 0.715. The van der Waals surface area contributed by atoms with E-state index in [-0.39, 0.29) is 39.7 Å². The molecule has 13 nitrogen and oxygen atoms in total. The topological polar surface area (TPSA) is 222 Å². The van der Waals surface area contributed by atoms with Gasteiger partial charge in [-0.2, -0.15) is 8.42 Å². The summed E-state index contributed by atoms with van der Waals surface area (Å²) in [6, 6.07) is 13.7. The summed E-state index contributed by atoms with van der Waals surface area (Å²) < 4.78 is 31.1. The van der Waals surface area contributed by atoms with E-state index in [1.165, 1.54) is 18.2 Å². The van der Waals surface area contributed by atoms with Gasteiger partial charge < -0.3 is 26.2 Å². The largest absolute Gasteiger partial charge is 0.478 e. The van der Waals surface area contributed by atoms with Gasteiger partial charge in [0, 0.05) is 35.2 Å². The average molecular weight is 628 g/mol. The van der Waals surface area contributed by atoms with Gasteiger partial charge in [0.2, 0.25) is 0 Å². The Balaban J connectivity index is 0.00000125. The number of carbonyl (C=O) groups excluding carboxylic acids is 2. The maximum atomic E-state index is 13.2. The third-order valence-corrected chi connectivity index (χ3v) is 6.19. The van der Waals surface area contributed by atoms with Gasteiger partial charge in [-0.25, -0.2) is 9.78 Å². The van der Waals surface area contributed by atoms with Crippen LogP contribution in [0.1, 0.15) is 63.2 Å². The molecule has 3 aromatic rings. The standard InChI is InChI=1S/C29H33N5O5.CH4O3S/c1-16-6-12-21(24(32-16)27(36)33-19-10-7-17(8-11-19)25(30)31)20-13-9-18(14-22(20)28(37)38)26(35)34-23(15-39-5)29(2,3)4;1-5(2,3)4/h6-14,23H,15H2,1-5H3,(H3,30,31)(H,33,36)(H,34,35)(H,37,38);1H3,(H,2,3,4)/t23-;/m1./s1. The zero-order valence-electron chi connectivity index (χ0n) is 25.3. The first-order valence-corrected chi connectivity index (χ1v) is 15.0. The number of amides is 2. The average Bonchev–Trinajstić information content (AvgIpc) is 2.91. The molecule has 1 heterocycles. The van der Waals surface area contributed by atoms with Crippen molar-refractivity contribution in [3.63, 3.8) is 0 Å². The number of pyridine rings is 1. The maximum Gasteiger partial charge on any atom is 0.336 e. The molecular weight excluding hydrogens is 590 g/mol. The number of hydrogen-bond acceptors (Lipinski definition) is 8. The van der Waals surface area contributed by atoms with Crippen molar-refractivity contribution in [3.05, 3.63) is 82.7 Å². The molecule has 0 saturated heterocycles. The summed E-state index contributed by atoms with van der Waals surface area (Å²) in [5.41, 5.74) is 7.31. The lowest BCUT2D eigenvalue weighted by atomic mass is 9.87. The van der Waals surface area contributed by atoms with Gasteiger partial charge in [-0.3, -0.25) is 19.6 Å². The molecule has 44 heavy (non-hydrogen) atoms. The number of benzene rings is 2. The fourth-order valence-corrected chi connectivity index (χ4v) is 3.88. The highest BCUT2D eigenvalue weighted by Gasteiger charge is 2.27. The monoisotopic (exact) mass is 627 g/mol. The number of ether oxygens (including phenoxy) is 1. The van der Waals surface area contributed by atoms with Crippen LogP contribution in [0.15, 0.2) is 54.6 Å². The predicted octanol–water partition coefficient (Wildman–Crippen LogP) is 3.59. The molecule has 1 atom stereocenters. The smallest absolute Gasteiger partial charge is 0.336 e. The Bertz CT molecular complexity index is 1640. The first-order chi connectivity index (χ1) is 20.3. The normalized spacial score (nSPS) is 11.9. The van der Waals surface area contributed by atoms with E-state index in [0.717, 1.165) is 0 Å². The van der Waals surface area contributed by atoms with E-state index in [0.29, 0.717) is 35.4 Å². The zero-order chi connectivity index (χ0) is 33.4. The molecule has 2 amide bonds. The van der Waals surface area contributed by atoms with Crippen LogP contribution in [0.5, 0.6) is 0 Å². The van der Waals surface area contributed by atoms with Crippen molar-refractivity contribution in [1.82, 2.24) is 10.3 Å². The Hall–Kier alpha value is -4.66. The van der Waals surface area contributed by atoms with Gasteiger partial charge in [0.15, 0.2) is 0 Å². The lowest BCUT2D eigenvalue weighted by Gasteiger charge is -2.31. The second kappa shape index (κ2) is 14.7. The van der Waals surface area contributed by atoms with Gasteiger partial charge in [-0.1, -0.05) is 32.9 Å². The van der Waals surface area contributed by atoms with Crippen molar-refractivity contribution in [1.29, 1.82) is 5.41 Å². The van der Waals surface area contributed by atoms with Gasteiger partial charge >= 0.3 is 5.97 Å². The summed E-state index contributed by atoms with van der Waals surface area (Å²) in [5.74, 6) is -2.33. The molecule has 0 aliphatic rings. The predicted molar refractivity (Wildman–Crippen MR) is 167 cm³/mol. The van der Waals surface area contributed by atoms with Crippen LogP contribution in [-0.2, 0) is 14.9 Å². The minimum Gasteiger partial charge on any atom is -0.478 e. The van der Waals surface area contributed by atoms with Crippen LogP contribution >= 0.6 is 0 Å². The number of anilines is 1. The Kier molecular flexibility index (Phi) is 11.9. The van der Waals surface area contributed by atoms with Crippen molar-refractivity contribution in [2.75, 3.05) is 25.3 Å². The number of nitrogens with two attached hydrogens (primary N) is 1. The Morgan fingerprint density at radius 1 is 1.00 bits per heavy atom. The van der Waals surface area contributed by atoms with Crippen molar-refractivity contribution >= 4 is 39.4 Å². The maximum absolute atomic E-state index is 13.2. The molecule has 0 aliphatic heterocycles. The van der Waals surface area contributed by atoms with Crippen LogP contribution in [0.2, 0.25) is 0 Å². The minimum absolute atomic E-state index is 0.0261. The molecule has 7 N–H and O–H groups in total. The molecule has 0 bridgehead atoms. The van der Waals surface area contributed by atoms with E-state index < -0.39 is 27.9 Å². The van der Waals surface area contributed by atoms with Gasteiger partial charge in [0.25, 0.3) is 21.9 Å². The van der Waals surface area contributed by atoms with E-state index in [4.69, 9.17) is 20.4 Å². The van der Waals surface area contributed by atoms with Crippen LogP contribution < -0.4 is 16.4 Å². The van der Waals surface area contributed by atoms with Gasteiger partial charge in [-0.15, -0.1) is 0 Å². The highest BCUT2D eigenvalue weighted by atomic mass is 32.2. The van der Waals surface area contributed by atoms with E-state index >= 15 is 0 Å². The van der Waals surface area contributed by atoms with Gasteiger partial charge in [0.1, 0.15) is 11.5 Å². The van der Waals surface area contributed by atoms with Crippen LogP contribution in [0.3, 0.4) is 0 Å². The van der Waals surface area contributed by atoms with Crippen molar-refractivity contribution in [2.24, 2.45) is 11.1 Å². The lowest BCUT2D eigenvalue weighted by Crippen LogP contribution is -2.46. The molecule has 0 saturated carbocycles. The van der Waals surface area contributed by atoms with Crippen LogP contribution in [0.4, 0.5) is 5.69 Å². The second-order valence-corrected chi connectivity index (χ2v) is 12.4. The number of aryl methyl sites for hydroxylation is 1. The fourth-order valence-electron chi connectivity index (χ4n) is 3.88. The number of nitrogen functional groups attached to an aromatic ring is 1. The van der Waals surface area contributed by atoms with Gasteiger partial charge in [0.05, 0.1) is 24.5 Å². The number of aromatic carboxylic acids is 1. The Labute approximate surface area is 256 Å². The first kappa shape index (κ1) is 35.5. The summed E-state index contributed by atoms with van der Waals surface area (Å²) in [4.78, 5) is 42.9. The molecule has 0 aliphatic carbocycles. The van der Waals surface area contributed by atoms with Crippen LogP contribution in [-0.4, -0.2) is 72.7 Å². The number of nitrogens with zero attached hydrogens (tertiary/aromatic N) is 1. The quantitative estimate of drug-likeness (QED) is 0.115. The molecule has 0 spiro atoms. The summed E-state index contributed by atoms with van der Waals surface area (Å²) >= 11 is 0. The first-order valence-electron chi connectivity index (χ1n) is 13.1. The minimum atomic E-state index is -3.67. The lowest BCUT2D eigenvalue weighted by molar-refractivity contribution is 0.0697. The van der Waals surface area contributed by atoms with Gasteiger partial charge in [-0.05, 0) is 60.4 Å². The number of aromatic nitrogens is 1. The number of amidine groups is 1. The Morgan fingerprint density at radius 2 is 1.55 bits per heavy atom. The zero-order valence-corrected chi connectivity index (χ0v) is 26.1. The highest BCUT2D eigenvalue weighted by Crippen LogP contribution is 2.29. The molecule has 0 fully saturated rings. The number of carboxylic acid groups (broad SMARTS) is 1. The molecule has 236 valence electrons. The summed E-state index contributed by atoms with van der Waals surface area (Å²) in [7, 11) is -2.12. The number of carbonyl (C=O) groups is 3. The third-order valence-electron chi connectivity index (χ3n) is 6.19. The van der Waals surface area contributed by atoms with Crippen molar-refractivity contribution < 1.29 is 37.2 Å². The molecule has 0 radical (unpaired) electrons. The van der Waals surface area contributed by atoms with Crippen molar-refractivity contribution in [3.8, 4) is 11.1 Å². The number of carboxylic acids is 1. The van der Waals surface area contributed by atoms with Crippen LogP contribution in [0.25, 0.3) is 11.1 Å². The van der Waals surface area contributed by atoms with Crippen molar-refractivity contribution in [2.45, 2.75) is 33.7 Å². The van der Waals surface area contributed by atoms with E-state index in [9.17, 15) is 27.9 Å². The molecular formula is C30H37N5O8S. The SMILES string of the molecule is COC[C@@H](NC(=O)c1ccc(-c2ccc(C)nc2C(=O)Nc2ccc(C(=N)N)cc2)c(C(=O)O)c1)C(C)(C)C.CS(=O)(=O)O. The number of hydrogen-bond donors (Lipinski definition) is 6. The molecule has 2 aromatic carbocycles. The summed E-state index contributed by atoms with van der Waals surface area (Å²) in [5, 5.41) is 23.2. The fraction of sp³-hybridized carbons (Fsp3) is 0.300. The summed E-state index contributed by atoms with van der Waals surface area (Å²) in [6.45, 7) is 7.93. The number of rotatable bonds is 9. The number of methoxy groups -OCH3 is 1. The second-order valence-electron chi connectivity index (χ2n) is 10.9. The number of nitrogens with one attached hydrogen (secondary N) is 3. The molecule has 3 rings (SSSR count). The molecule has 1 aromatic heterocycles. The molecule has 14 heteroatoms. The van der Waals surface area contributed by atoms with Crippen LogP contribution in [0, 0.1) is 17.7 Å². The third kappa shape index (κ3) is 10.6. The molecule has 0 unspecified atom stereocenters. The van der Waals surface area contributed by atoms with E-state index in [1.807, 2.05) is 20.8 Å².